The normalized spacial score (nSPS) is 12.6. The summed E-state index contributed by atoms with van der Waals surface area (Å²) in [6.07, 6.45) is 0. The molecule has 0 amide bonds. The van der Waals surface area contributed by atoms with Gasteiger partial charge in [0.05, 0.1) is 6.04 Å². The Morgan fingerprint density at radius 2 is 2.23 bits per heavy atom. The highest BCUT2D eigenvalue weighted by Gasteiger charge is 2.11. The Balaban J connectivity index is 3.08. The first-order valence-corrected chi connectivity index (χ1v) is 4.67. The maximum absolute atomic E-state index is 13.3. The van der Waals surface area contributed by atoms with E-state index in [0.29, 0.717) is 10.0 Å². The van der Waals surface area contributed by atoms with E-state index in [9.17, 15) is 4.39 Å². The average Bonchev–Trinajstić information content (AvgIpc) is 2.03. The summed E-state index contributed by atoms with van der Waals surface area (Å²) in [7, 11) is 0. The van der Waals surface area contributed by atoms with Gasteiger partial charge in [0, 0.05) is 10.0 Å². The van der Waals surface area contributed by atoms with Crippen LogP contribution in [0.4, 0.5) is 4.39 Å². The number of rotatable bonds is 2. The van der Waals surface area contributed by atoms with Gasteiger partial charge < -0.3 is 5.73 Å². The van der Waals surface area contributed by atoms with Crippen LogP contribution >= 0.6 is 15.9 Å². The Morgan fingerprint density at radius 3 is 2.69 bits per heavy atom. The van der Waals surface area contributed by atoms with Crippen molar-refractivity contribution in [2.75, 3.05) is 0 Å². The molecule has 1 atom stereocenters. The van der Waals surface area contributed by atoms with Gasteiger partial charge in [-0.05, 0) is 19.1 Å². The Bertz CT molecular complexity index is 336. The Labute approximate surface area is 85.6 Å². The molecule has 0 aromatic heterocycles. The summed E-state index contributed by atoms with van der Waals surface area (Å²) >= 11 is 3.18. The molecule has 0 heterocycles. The molecule has 0 aliphatic carbocycles. The highest BCUT2D eigenvalue weighted by atomic mass is 79.9. The molecular formula is C10H11BrFN. The molecule has 0 spiro atoms. The van der Waals surface area contributed by atoms with Crippen LogP contribution in [0.25, 0.3) is 0 Å². The minimum Gasteiger partial charge on any atom is -0.320 e. The first-order valence-electron chi connectivity index (χ1n) is 3.88. The first kappa shape index (κ1) is 10.4. The second kappa shape index (κ2) is 4.03. The number of benzene rings is 1. The molecule has 0 bridgehead atoms. The van der Waals surface area contributed by atoms with Crippen molar-refractivity contribution < 1.29 is 4.39 Å². The Kier molecular flexibility index (Phi) is 3.22. The van der Waals surface area contributed by atoms with Crippen LogP contribution in [-0.2, 0) is 0 Å². The molecule has 0 fully saturated rings. The van der Waals surface area contributed by atoms with Gasteiger partial charge in [-0.2, -0.15) is 0 Å². The van der Waals surface area contributed by atoms with Gasteiger partial charge in [0.15, 0.2) is 0 Å². The summed E-state index contributed by atoms with van der Waals surface area (Å²) in [4.78, 5) is 0. The van der Waals surface area contributed by atoms with E-state index in [0.717, 1.165) is 5.57 Å². The van der Waals surface area contributed by atoms with E-state index < -0.39 is 6.04 Å². The second-order valence-corrected chi connectivity index (χ2v) is 3.91. The lowest BCUT2D eigenvalue weighted by Gasteiger charge is -2.12. The van der Waals surface area contributed by atoms with Gasteiger partial charge in [0.25, 0.3) is 0 Å². The van der Waals surface area contributed by atoms with Gasteiger partial charge in [-0.15, -0.1) is 0 Å². The van der Waals surface area contributed by atoms with Crippen LogP contribution in [0, 0.1) is 5.82 Å². The molecule has 3 heteroatoms. The summed E-state index contributed by atoms with van der Waals surface area (Å²) in [6.45, 7) is 5.48. The molecular weight excluding hydrogens is 233 g/mol. The van der Waals surface area contributed by atoms with E-state index in [1.807, 2.05) is 0 Å². The van der Waals surface area contributed by atoms with E-state index in [2.05, 4.69) is 22.5 Å². The first-order chi connectivity index (χ1) is 6.02. The van der Waals surface area contributed by atoms with Gasteiger partial charge in [-0.1, -0.05) is 34.1 Å². The number of hydrogen-bond acceptors (Lipinski definition) is 1. The predicted molar refractivity (Wildman–Crippen MR) is 55.8 cm³/mol. The van der Waals surface area contributed by atoms with Crippen LogP contribution in [0.2, 0.25) is 0 Å². The van der Waals surface area contributed by atoms with Crippen molar-refractivity contribution in [2.45, 2.75) is 13.0 Å². The maximum atomic E-state index is 13.3. The zero-order valence-electron chi connectivity index (χ0n) is 7.35. The molecule has 1 unspecified atom stereocenters. The molecule has 0 saturated heterocycles. The molecule has 1 aromatic carbocycles. The summed E-state index contributed by atoms with van der Waals surface area (Å²) in [5, 5.41) is 0. The van der Waals surface area contributed by atoms with Gasteiger partial charge in [-0.25, -0.2) is 4.39 Å². The topological polar surface area (TPSA) is 26.0 Å². The van der Waals surface area contributed by atoms with E-state index >= 15 is 0 Å². The molecule has 13 heavy (non-hydrogen) atoms. The van der Waals surface area contributed by atoms with Gasteiger partial charge in [0.1, 0.15) is 5.82 Å². The van der Waals surface area contributed by atoms with Crippen LogP contribution in [-0.4, -0.2) is 0 Å². The standard InChI is InChI=1S/C10H11BrFN/c1-6(2)10(13)8-4-3-7(11)5-9(8)12/h3-5,10H,1,13H2,2H3. The quantitative estimate of drug-likeness (QED) is 0.794. The maximum Gasteiger partial charge on any atom is 0.129 e. The Morgan fingerprint density at radius 1 is 1.62 bits per heavy atom. The fourth-order valence-corrected chi connectivity index (χ4v) is 1.35. The van der Waals surface area contributed by atoms with Crippen molar-refractivity contribution in [3.63, 3.8) is 0 Å². The molecule has 70 valence electrons. The monoisotopic (exact) mass is 243 g/mol. The van der Waals surface area contributed by atoms with Crippen LogP contribution in [0.15, 0.2) is 34.8 Å². The van der Waals surface area contributed by atoms with Crippen molar-refractivity contribution in [1.29, 1.82) is 0 Å². The van der Waals surface area contributed by atoms with Crippen molar-refractivity contribution in [2.24, 2.45) is 5.73 Å². The zero-order chi connectivity index (χ0) is 10.0. The summed E-state index contributed by atoms with van der Waals surface area (Å²) in [5.41, 5.74) is 6.97. The molecule has 2 N–H and O–H groups in total. The minimum atomic E-state index is -0.423. The molecule has 0 aliphatic heterocycles. The highest BCUT2D eigenvalue weighted by Crippen LogP contribution is 2.23. The van der Waals surface area contributed by atoms with E-state index in [4.69, 9.17) is 5.73 Å². The van der Waals surface area contributed by atoms with Gasteiger partial charge >= 0.3 is 0 Å². The Hall–Kier alpha value is -0.670. The molecule has 0 aliphatic rings. The van der Waals surface area contributed by atoms with Crippen LogP contribution in [0.1, 0.15) is 18.5 Å². The third-order valence-corrected chi connectivity index (χ3v) is 2.32. The number of nitrogens with two attached hydrogens (primary N) is 1. The van der Waals surface area contributed by atoms with Crippen molar-refractivity contribution in [1.82, 2.24) is 0 Å². The molecule has 1 aromatic rings. The summed E-state index contributed by atoms with van der Waals surface area (Å²) < 4.78 is 14.0. The van der Waals surface area contributed by atoms with Crippen molar-refractivity contribution in [3.8, 4) is 0 Å². The highest BCUT2D eigenvalue weighted by molar-refractivity contribution is 9.10. The number of halogens is 2. The third-order valence-electron chi connectivity index (χ3n) is 1.83. The average molecular weight is 244 g/mol. The van der Waals surface area contributed by atoms with Crippen LogP contribution < -0.4 is 5.73 Å². The zero-order valence-corrected chi connectivity index (χ0v) is 8.94. The largest absolute Gasteiger partial charge is 0.320 e. The minimum absolute atomic E-state index is 0.301. The molecule has 0 radical (unpaired) electrons. The predicted octanol–water partition coefficient (Wildman–Crippen LogP) is 3.16. The van der Waals surface area contributed by atoms with Crippen molar-refractivity contribution >= 4 is 15.9 Å². The van der Waals surface area contributed by atoms with Gasteiger partial charge in [0.2, 0.25) is 0 Å². The SMILES string of the molecule is C=C(C)C(N)c1ccc(Br)cc1F. The molecule has 1 rings (SSSR count). The smallest absolute Gasteiger partial charge is 0.129 e. The van der Waals surface area contributed by atoms with E-state index in [-0.39, 0.29) is 5.82 Å². The molecule has 0 saturated carbocycles. The third kappa shape index (κ3) is 2.39. The van der Waals surface area contributed by atoms with E-state index in [1.165, 1.54) is 6.07 Å². The molecule has 1 nitrogen and oxygen atoms in total. The lowest BCUT2D eigenvalue weighted by Crippen LogP contribution is -2.12. The lowest BCUT2D eigenvalue weighted by atomic mass is 10.0. The fraction of sp³-hybridized carbons (Fsp3) is 0.200. The second-order valence-electron chi connectivity index (χ2n) is 2.99. The van der Waals surface area contributed by atoms with Crippen LogP contribution in [0.3, 0.4) is 0 Å². The van der Waals surface area contributed by atoms with E-state index in [1.54, 1.807) is 19.1 Å². The van der Waals surface area contributed by atoms with Crippen molar-refractivity contribution in [3.05, 3.63) is 46.2 Å². The lowest BCUT2D eigenvalue weighted by molar-refractivity contribution is 0.597. The summed E-state index contributed by atoms with van der Waals surface area (Å²) in [5.74, 6) is -0.301. The fourth-order valence-electron chi connectivity index (χ4n) is 1.02. The van der Waals surface area contributed by atoms with Gasteiger partial charge in [-0.3, -0.25) is 0 Å². The van der Waals surface area contributed by atoms with Crippen LogP contribution in [0.5, 0.6) is 0 Å². The number of hydrogen-bond donors (Lipinski definition) is 1. The summed E-state index contributed by atoms with van der Waals surface area (Å²) in [6, 6.07) is 4.41.